The fraction of sp³-hybridized carbons (Fsp3) is 0.300. The monoisotopic (exact) mass is 545 g/mol. The highest BCUT2D eigenvalue weighted by Crippen LogP contribution is 2.47. The zero-order valence-electron chi connectivity index (χ0n) is 23.0. The number of anilines is 2. The molecule has 2 aliphatic rings. The molecule has 1 N–H and O–H groups in total. The molecule has 3 amide bonds. The minimum atomic E-state index is -0.480. The van der Waals surface area contributed by atoms with Gasteiger partial charge in [0.15, 0.2) is 0 Å². The topological polar surface area (TPSA) is 107 Å². The van der Waals surface area contributed by atoms with Crippen LogP contribution in [0.5, 0.6) is 23.0 Å². The van der Waals surface area contributed by atoms with E-state index in [1.807, 2.05) is 25.1 Å². The summed E-state index contributed by atoms with van der Waals surface area (Å²) in [5.74, 6) is 0.905. The second-order valence-corrected chi connectivity index (χ2v) is 9.62. The number of nitrogens with one attached hydrogen (secondary N) is 1. The SMILES string of the molecule is COc1ccc(N[C@@H]2C[C@H](C)N(C(=O)CN3C(=O)c4ccccc4C3=O)c3c(OC)cc(OC)cc32)c(OC)c1. The summed E-state index contributed by atoms with van der Waals surface area (Å²) in [5.41, 5.74) is 2.66. The summed E-state index contributed by atoms with van der Waals surface area (Å²) in [6.45, 7) is 1.53. The molecule has 0 bridgehead atoms. The predicted octanol–water partition coefficient (Wildman–Crippen LogP) is 4.30. The molecule has 2 aliphatic heterocycles. The van der Waals surface area contributed by atoms with Crippen molar-refractivity contribution in [2.75, 3.05) is 45.2 Å². The quantitative estimate of drug-likeness (QED) is 0.418. The number of benzene rings is 3. The lowest BCUT2D eigenvalue weighted by molar-refractivity contribution is -0.119. The van der Waals surface area contributed by atoms with Gasteiger partial charge >= 0.3 is 0 Å². The van der Waals surface area contributed by atoms with Gasteiger partial charge in [-0.05, 0) is 43.7 Å². The molecule has 2 heterocycles. The Morgan fingerprint density at radius 3 is 2.08 bits per heavy atom. The van der Waals surface area contributed by atoms with Crippen molar-refractivity contribution < 1.29 is 33.3 Å². The molecule has 0 radical (unpaired) electrons. The van der Waals surface area contributed by atoms with E-state index >= 15 is 0 Å². The molecule has 0 spiro atoms. The van der Waals surface area contributed by atoms with Crippen molar-refractivity contribution in [3.05, 3.63) is 71.3 Å². The molecule has 0 saturated heterocycles. The molecule has 0 fully saturated rings. The Morgan fingerprint density at radius 1 is 0.850 bits per heavy atom. The number of rotatable bonds is 8. The van der Waals surface area contributed by atoms with Gasteiger partial charge in [-0.15, -0.1) is 0 Å². The molecular weight excluding hydrogens is 514 g/mol. The molecule has 2 atom stereocenters. The van der Waals surface area contributed by atoms with Crippen LogP contribution < -0.4 is 29.2 Å². The molecule has 40 heavy (non-hydrogen) atoms. The number of hydrogen-bond acceptors (Lipinski definition) is 8. The first-order valence-electron chi connectivity index (χ1n) is 12.8. The Labute approximate surface area is 232 Å². The van der Waals surface area contributed by atoms with Crippen molar-refractivity contribution in [2.24, 2.45) is 0 Å². The van der Waals surface area contributed by atoms with E-state index in [0.717, 1.165) is 16.2 Å². The van der Waals surface area contributed by atoms with Crippen LogP contribution >= 0.6 is 0 Å². The standard InChI is InChI=1S/C30H31N3O7/c1-17-12-24(31-23-11-10-18(37-2)14-25(23)39-4)22-13-19(38-3)15-26(40-5)28(22)33(17)27(34)16-32-29(35)20-8-6-7-9-21(20)30(32)36/h6-11,13-15,17,24,31H,12,16H2,1-5H3/t17-,24+/m0/s1. The minimum absolute atomic E-state index is 0.250. The van der Waals surface area contributed by atoms with E-state index in [-0.39, 0.29) is 12.1 Å². The minimum Gasteiger partial charge on any atom is -0.497 e. The fourth-order valence-electron chi connectivity index (χ4n) is 5.40. The third-order valence-electron chi connectivity index (χ3n) is 7.35. The van der Waals surface area contributed by atoms with Gasteiger partial charge in [-0.25, -0.2) is 0 Å². The van der Waals surface area contributed by atoms with Crippen LogP contribution in [-0.2, 0) is 4.79 Å². The maximum absolute atomic E-state index is 13.9. The maximum atomic E-state index is 13.9. The third-order valence-corrected chi connectivity index (χ3v) is 7.35. The Morgan fingerprint density at radius 2 is 1.48 bits per heavy atom. The summed E-state index contributed by atoms with van der Waals surface area (Å²) in [7, 11) is 6.26. The summed E-state index contributed by atoms with van der Waals surface area (Å²) in [4.78, 5) is 42.4. The van der Waals surface area contributed by atoms with Crippen molar-refractivity contribution in [1.82, 2.24) is 4.90 Å². The molecule has 10 heteroatoms. The lowest BCUT2D eigenvalue weighted by atomic mass is 9.90. The van der Waals surface area contributed by atoms with E-state index in [0.29, 0.717) is 46.2 Å². The molecule has 5 rings (SSSR count). The van der Waals surface area contributed by atoms with Gasteiger partial charge in [0.05, 0.1) is 57.0 Å². The van der Waals surface area contributed by atoms with Crippen LogP contribution in [-0.4, -0.2) is 63.6 Å². The fourth-order valence-corrected chi connectivity index (χ4v) is 5.40. The number of nitrogens with zero attached hydrogens (tertiary/aromatic N) is 2. The number of methoxy groups -OCH3 is 4. The summed E-state index contributed by atoms with van der Waals surface area (Å²) in [5, 5.41) is 3.55. The Kier molecular flexibility index (Phi) is 7.25. The number of fused-ring (bicyclic) bond motifs is 2. The van der Waals surface area contributed by atoms with Gasteiger partial charge in [0.1, 0.15) is 29.5 Å². The second kappa shape index (κ2) is 10.8. The summed E-state index contributed by atoms with van der Waals surface area (Å²) < 4.78 is 22.2. The first-order chi connectivity index (χ1) is 19.3. The number of carbonyl (C=O) groups excluding carboxylic acids is 3. The average Bonchev–Trinajstić information content (AvgIpc) is 3.21. The Hall–Kier alpha value is -4.73. The van der Waals surface area contributed by atoms with Gasteiger partial charge in [0.2, 0.25) is 5.91 Å². The zero-order chi connectivity index (χ0) is 28.6. The first kappa shape index (κ1) is 26.9. The van der Waals surface area contributed by atoms with E-state index in [1.165, 1.54) is 7.11 Å². The molecule has 3 aromatic carbocycles. The van der Waals surface area contributed by atoms with E-state index in [9.17, 15) is 14.4 Å². The van der Waals surface area contributed by atoms with Crippen LogP contribution in [0.2, 0.25) is 0 Å². The van der Waals surface area contributed by atoms with Gasteiger partial charge in [-0.3, -0.25) is 19.3 Å². The third kappa shape index (κ3) is 4.55. The van der Waals surface area contributed by atoms with Gasteiger partial charge in [-0.1, -0.05) is 12.1 Å². The number of amides is 3. The highest BCUT2D eigenvalue weighted by atomic mass is 16.5. The number of ether oxygens (including phenoxy) is 4. The smallest absolute Gasteiger partial charge is 0.262 e. The maximum Gasteiger partial charge on any atom is 0.262 e. The van der Waals surface area contributed by atoms with Gasteiger partial charge in [0, 0.05) is 23.7 Å². The zero-order valence-corrected chi connectivity index (χ0v) is 23.0. The van der Waals surface area contributed by atoms with Crippen molar-refractivity contribution in [1.29, 1.82) is 0 Å². The van der Waals surface area contributed by atoms with Crippen LogP contribution in [0.3, 0.4) is 0 Å². The van der Waals surface area contributed by atoms with Crippen LogP contribution in [0, 0.1) is 0 Å². The van der Waals surface area contributed by atoms with Crippen LogP contribution in [0.4, 0.5) is 11.4 Å². The predicted molar refractivity (Wildman–Crippen MR) is 149 cm³/mol. The molecule has 0 aliphatic carbocycles. The first-order valence-corrected chi connectivity index (χ1v) is 12.8. The van der Waals surface area contributed by atoms with Crippen molar-refractivity contribution in [3.63, 3.8) is 0 Å². The molecule has 3 aromatic rings. The van der Waals surface area contributed by atoms with Gasteiger partial charge < -0.3 is 29.2 Å². The normalized spacial score (nSPS) is 17.7. The Bertz CT molecular complexity index is 1450. The lowest BCUT2D eigenvalue weighted by Crippen LogP contribution is -2.49. The molecule has 0 saturated carbocycles. The van der Waals surface area contributed by atoms with E-state index in [4.69, 9.17) is 18.9 Å². The van der Waals surface area contributed by atoms with E-state index in [1.54, 1.807) is 62.6 Å². The van der Waals surface area contributed by atoms with Crippen molar-refractivity contribution in [2.45, 2.75) is 25.4 Å². The summed E-state index contributed by atoms with van der Waals surface area (Å²) >= 11 is 0. The Balaban J connectivity index is 1.52. The number of hydrogen-bond donors (Lipinski definition) is 1. The van der Waals surface area contributed by atoms with Crippen molar-refractivity contribution in [3.8, 4) is 23.0 Å². The molecule has 0 aromatic heterocycles. The molecule has 10 nitrogen and oxygen atoms in total. The average molecular weight is 546 g/mol. The number of carbonyl (C=O) groups is 3. The molecular formula is C30H31N3O7. The number of imide groups is 1. The summed E-state index contributed by atoms with van der Waals surface area (Å²) in [6, 6.07) is 15.1. The lowest BCUT2D eigenvalue weighted by Gasteiger charge is -2.41. The van der Waals surface area contributed by atoms with E-state index in [2.05, 4.69) is 5.32 Å². The van der Waals surface area contributed by atoms with Crippen LogP contribution in [0.1, 0.15) is 45.7 Å². The second-order valence-electron chi connectivity index (χ2n) is 9.62. The highest BCUT2D eigenvalue weighted by Gasteiger charge is 2.41. The van der Waals surface area contributed by atoms with Crippen LogP contribution in [0.25, 0.3) is 0 Å². The van der Waals surface area contributed by atoms with Crippen LogP contribution in [0.15, 0.2) is 54.6 Å². The van der Waals surface area contributed by atoms with Gasteiger partial charge in [0.25, 0.3) is 11.8 Å². The molecule has 0 unspecified atom stereocenters. The highest BCUT2D eigenvalue weighted by molar-refractivity contribution is 6.22. The molecule has 208 valence electrons. The largest absolute Gasteiger partial charge is 0.497 e. The van der Waals surface area contributed by atoms with E-state index < -0.39 is 24.3 Å². The van der Waals surface area contributed by atoms with Crippen molar-refractivity contribution >= 4 is 29.1 Å². The van der Waals surface area contributed by atoms with Gasteiger partial charge in [-0.2, -0.15) is 0 Å². The summed E-state index contributed by atoms with van der Waals surface area (Å²) in [6.07, 6.45) is 0.520.